The van der Waals surface area contributed by atoms with Crippen LogP contribution in [0.4, 0.5) is 5.69 Å². The topological polar surface area (TPSA) is 70.2 Å². The van der Waals surface area contributed by atoms with E-state index in [0.29, 0.717) is 10.7 Å². The van der Waals surface area contributed by atoms with E-state index in [1.54, 1.807) is 7.05 Å². The van der Waals surface area contributed by atoms with Crippen molar-refractivity contribution in [1.82, 2.24) is 10.6 Å². The molecule has 0 unspecified atom stereocenters. The maximum absolute atomic E-state index is 12.3. The SMILES string of the molecule is CNC(=O)[C@H]1CCCC[C@H]1NCC(=O)Nc1c(C)cc(C)cc1Cl. The molecule has 0 heterocycles. The smallest absolute Gasteiger partial charge is 0.238 e. The fourth-order valence-corrected chi connectivity index (χ4v) is 3.72. The molecule has 5 nitrogen and oxygen atoms in total. The van der Waals surface area contributed by atoms with Gasteiger partial charge in [0.05, 0.1) is 23.2 Å². The Morgan fingerprint density at radius 1 is 1.21 bits per heavy atom. The summed E-state index contributed by atoms with van der Waals surface area (Å²) in [6.45, 7) is 4.06. The molecule has 0 radical (unpaired) electrons. The summed E-state index contributed by atoms with van der Waals surface area (Å²) < 4.78 is 0. The van der Waals surface area contributed by atoms with Crippen LogP contribution in [0, 0.1) is 19.8 Å². The highest BCUT2D eigenvalue weighted by molar-refractivity contribution is 6.34. The van der Waals surface area contributed by atoms with Gasteiger partial charge < -0.3 is 16.0 Å². The number of anilines is 1. The van der Waals surface area contributed by atoms with E-state index in [0.717, 1.165) is 36.8 Å². The van der Waals surface area contributed by atoms with Crippen LogP contribution in [0.5, 0.6) is 0 Å². The maximum Gasteiger partial charge on any atom is 0.238 e. The molecule has 1 aromatic rings. The number of aryl methyl sites for hydroxylation is 2. The van der Waals surface area contributed by atoms with Gasteiger partial charge in [-0.05, 0) is 43.9 Å². The van der Waals surface area contributed by atoms with Gasteiger partial charge in [0.2, 0.25) is 11.8 Å². The third kappa shape index (κ3) is 4.71. The molecule has 3 N–H and O–H groups in total. The Hall–Kier alpha value is -1.59. The molecule has 6 heteroatoms. The summed E-state index contributed by atoms with van der Waals surface area (Å²) in [5, 5.41) is 9.37. The van der Waals surface area contributed by atoms with E-state index < -0.39 is 0 Å². The molecule has 2 atom stereocenters. The number of amides is 2. The number of hydrogen-bond donors (Lipinski definition) is 3. The molecule has 0 bridgehead atoms. The molecule has 132 valence electrons. The molecule has 0 spiro atoms. The summed E-state index contributed by atoms with van der Waals surface area (Å²) >= 11 is 6.22. The minimum atomic E-state index is -0.148. The Kier molecular flexibility index (Phi) is 6.63. The van der Waals surface area contributed by atoms with Crippen molar-refractivity contribution in [2.75, 3.05) is 18.9 Å². The van der Waals surface area contributed by atoms with Crippen LogP contribution in [0.15, 0.2) is 12.1 Å². The highest BCUT2D eigenvalue weighted by Crippen LogP contribution is 2.27. The van der Waals surface area contributed by atoms with Crippen molar-refractivity contribution in [1.29, 1.82) is 0 Å². The quantitative estimate of drug-likeness (QED) is 0.764. The highest BCUT2D eigenvalue weighted by Gasteiger charge is 2.30. The first kappa shape index (κ1) is 18.7. The zero-order valence-electron chi connectivity index (χ0n) is 14.5. The van der Waals surface area contributed by atoms with Crippen LogP contribution in [-0.2, 0) is 9.59 Å². The largest absolute Gasteiger partial charge is 0.359 e. The number of carbonyl (C=O) groups is 2. The monoisotopic (exact) mass is 351 g/mol. The zero-order chi connectivity index (χ0) is 17.7. The third-order valence-electron chi connectivity index (χ3n) is 4.57. The first-order valence-electron chi connectivity index (χ1n) is 8.44. The Balaban J connectivity index is 1.94. The molecule has 1 saturated carbocycles. The molecular weight excluding hydrogens is 326 g/mol. The molecule has 2 amide bonds. The lowest BCUT2D eigenvalue weighted by molar-refractivity contribution is -0.126. The van der Waals surface area contributed by atoms with Crippen LogP contribution in [-0.4, -0.2) is 31.4 Å². The van der Waals surface area contributed by atoms with Crippen molar-refractivity contribution in [2.24, 2.45) is 5.92 Å². The third-order valence-corrected chi connectivity index (χ3v) is 4.87. The van der Waals surface area contributed by atoms with Crippen molar-refractivity contribution in [2.45, 2.75) is 45.6 Å². The van der Waals surface area contributed by atoms with Gasteiger partial charge in [0.15, 0.2) is 0 Å². The molecular formula is C18H26ClN3O2. The molecule has 1 aliphatic rings. The normalized spacial score (nSPS) is 20.5. The van der Waals surface area contributed by atoms with Gasteiger partial charge in [0.25, 0.3) is 0 Å². The summed E-state index contributed by atoms with van der Waals surface area (Å²) in [7, 11) is 1.66. The molecule has 1 fully saturated rings. The van der Waals surface area contributed by atoms with Crippen molar-refractivity contribution in [3.8, 4) is 0 Å². The second-order valence-electron chi connectivity index (χ2n) is 6.48. The van der Waals surface area contributed by atoms with Crippen LogP contribution >= 0.6 is 11.6 Å². The maximum atomic E-state index is 12.3. The minimum Gasteiger partial charge on any atom is -0.359 e. The van der Waals surface area contributed by atoms with Crippen molar-refractivity contribution >= 4 is 29.1 Å². The molecule has 0 saturated heterocycles. The standard InChI is InChI=1S/C18H26ClN3O2/c1-11-8-12(2)17(14(19)9-11)22-16(23)10-21-15-7-5-4-6-13(15)18(24)20-3/h8-9,13,15,21H,4-7,10H2,1-3H3,(H,20,24)(H,22,23)/t13-,15+/m0/s1. The average molecular weight is 352 g/mol. The molecule has 0 aliphatic heterocycles. The lowest BCUT2D eigenvalue weighted by Crippen LogP contribution is -2.47. The lowest BCUT2D eigenvalue weighted by Gasteiger charge is -2.30. The van der Waals surface area contributed by atoms with E-state index in [1.165, 1.54) is 0 Å². The minimum absolute atomic E-state index is 0.0408. The average Bonchev–Trinajstić information content (AvgIpc) is 2.55. The van der Waals surface area contributed by atoms with E-state index in [9.17, 15) is 9.59 Å². The Morgan fingerprint density at radius 3 is 2.58 bits per heavy atom. The van der Waals surface area contributed by atoms with Gasteiger partial charge >= 0.3 is 0 Å². The second-order valence-corrected chi connectivity index (χ2v) is 6.89. The van der Waals surface area contributed by atoms with Crippen LogP contribution in [0.1, 0.15) is 36.8 Å². The molecule has 0 aromatic heterocycles. The van der Waals surface area contributed by atoms with Gasteiger partial charge in [0, 0.05) is 13.1 Å². The Morgan fingerprint density at radius 2 is 1.92 bits per heavy atom. The molecule has 24 heavy (non-hydrogen) atoms. The first-order valence-corrected chi connectivity index (χ1v) is 8.81. The van der Waals surface area contributed by atoms with Gasteiger partial charge in [-0.15, -0.1) is 0 Å². The fraction of sp³-hybridized carbons (Fsp3) is 0.556. The zero-order valence-corrected chi connectivity index (χ0v) is 15.3. The van der Waals surface area contributed by atoms with Crippen molar-refractivity contribution in [3.05, 3.63) is 28.3 Å². The highest BCUT2D eigenvalue weighted by atomic mass is 35.5. The predicted molar refractivity (Wildman–Crippen MR) is 97.4 cm³/mol. The van der Waals surface area contributed by atoms with E-state index in [2.05, 4.69) is 16.0 Å². The number of hydrogen-bond acceptors (Lipinski definition) is 3. The van der Waals surface area contributed by atoms with Gasteiger partial charge in [-0.3, -0.25) is 9.59 Å². The Labute approximate surface area is 148 Å². The summed E-state index contributed by atoms with van der Waals surface area (Å²) in [6, 6.07) is 3.86. The number of nitrogens with one attached hydrogen (secondary N) is 3. The van der Waals surface area contributed by atoms with E-state index >= 15 is 0 Å². The van der Waals surface area contributed by atoms with E-state index in [4.69, 9.17) is 11.6 Å². The second kappa shape index (κ2) is 8.49. The molecule has 2 rings (SSSR count). The number of benzene rings is 1. The molecule has 1 aliphatic carbocycles. The summed E-state index contributed by atoms with van der Waals surface area (Å²) in [5.74, 6) is -0.170. The number of carbonyl (C=O) groups excluding carboxylic acids is 2. The van der Waals surface area contributed by atoms with Crippen LogP contribution < -0.4 is 16.0 Å². The van der Waals surface area contributed by atoms with Gasteiger partial charge in [-0.25, -0.2) is 0 Å². The molecule has 1 aromatic carbocycles. The van der Waals surface area contributed by atoms with Gasteiger partial charge in [0.1, 0.15) is 0 Å². The van der Waals surface area contributed by atoms with Gasteiger partial charge in [-0.1, -0.05) is 30.5 Å². The van der Waals surface area contributed by atoms with E-state index in [1.807, 2.05) is 26.0 Å². The van der Waals surface area contributed by atoms with Crippen LogP contribution in [0.25, 0.3) is 0 Å². The predicted octanol–water partition coefficient (Wildman–Crippen LogP) is 2.79. The van der Waals surface area contributed by atoms with Crippen molar-refractivity contribution in [3.63, 3.8) is 0 Å². The van der Waals surface area contributed by atoms with E-state index in [-0.39, 0.29) is 30.3 Å². The number of rotatable bonds is 5. The first-order chi connectivity index (χ1) is 11.4. The summed E-state index contributed by atoms with van der Waals surface area (Å²) in [5.41, 5.74) is 2.65. The van der Waals surface area contributed by atoms with Crippen LogP contribution in [0.2, 0.25) is 5.02 Å². The summed E-state index contributed by atoms with van der Waals surface area (Å²) in [4.78, 5) is 24.2. The lowest BCUT2D eigenvalue weighted by atomic mass is 9.84. The van der Waals surface area contributed by atoms with Crippen molar-refractivity contribution < 1.29 is 9.59 Å². The van der Waals surface area contributed by atoms with Crippen LogP contribution in [0.3, 0.4) is 0 Å². The summed E-state index contributed by atoms with van der Waals surface area (Å²) in [6.07, 6.45) is 3.91. The fourth-order valence-electron chi connectivity index (χ4n) is 3.36. The number of halogens is 1. The Bertz CT molecular complexity index is 595. The van der Waals surface area contributed by atoms with Gasteiger partial charge in [-0.2, -0.15) is 0 Å².